The van der Waals surface area contributed by atoms with E-state index in [1.54, 1.807) is 22.7 Å². The first-order valence-electron chi connectivity index (χ1n) is 5.83. The zero-order valence-corrected chi connectivity index (χ0v) is 13.7. The average molecular weight is 345 g/mol. The van der Waals surface area contributed by atoms with Gasteiger partial charge < -0.3 is 5.73 Å². The lowest BCUT2D eigenvalue weighted by Gasteiger charge is -2.31. The van der Waals surface area contributed by atoms with Gasteiger partial charge in [-0.15, -0.1) is 22.7 Å². The van der Waals surface area contributed by atoms with Gasteiger partial charge in [0.25, 0.3) is 0 Å². The third kappa shape index (κ3) is 2.86. The van der Waals surface area contributed by atoms with E-state index in [0.717, 1.165) is 4.47 Å². The molecule has 2 rings (SSSR count). The minimum atomic E-state index is 0.261. The molecule has 0 radical (unpaired) electrons. The summed E-state index contributed by atoms with van der Waals surface area (Å²) in [5.74, 6) is 0. The van der Waals surface area contributed by atoms with Gasteiger partial charge in [-0.2, -0.15) is 0 Å². The molecule has 0 spiro atoms. The van der Waals surface area contributed by atoms with Crippen LogP contribution in [-0.4, -0.2) is 18.5 Å². The number of hydrogen-bond donors (Lipinski definition) is 1. The summed E-state index contributed by atoms with van der Waals surface area (Å²) in [6.45, 7) is 2.86. The van der Waals surface area contributed by atoms with Crippen LogP contribution in [0.15, 0.2) is 33.4 Å². The fourth-order valence-electron chi connectivity index (χ4n) is 2.00. The predicted octanol–water partition coefficient (Wildman–Crippen LogP) is 4.26. The summed E-state index contributed by atoms with van der Waals surface area (Å²) in [5, 5.41) is 4.23. The number of thiophene rings is 2. The normalized spacial score (nSPS) is 14.9. The largest absolute Gasteiger partial charge is 0.329 e. The molecule has 0 saturated heterocycles. The number of hydrogen-bond acceptors (Lipinski definition) is 4. The van der Waals surface area contributed by atoms with Gasteiger partial charge in [-0.25, -0.2) is 0 Å². The predicted molar refractivity (Wildman–Crippen MR) is 84.3 cm³/mol. The molecule has 0 bridgehead atoms. The Morgan fingerprint density at radius 1 is 1.33 bits per heavy atom. The van der Waals surface area contributed by atoms with Crippen LogP contribution in [0.1, 0.15) is 28.8 Å². The summed E-state index contributed by atoms with van der Waals surface area (Å²) in [6.07, 6.45) is 0. The van der Waals surface area contributed by atoms with Gasteiger partial charge in [-0.1, -0.05) is 6.07 Å². The lowest BCUT2D eigenvalue weighted by molar-refractivity contribution is 0.195. The molecule has 2 heterocycles. The van der Waals surface area contributed by atoms with Crippen LogP contribution in [0.2, 0.25) is 0 Å². The maximum atomic E-state index is 5.97. The Hall–Kier alpha value is -0.200. The number of rotatable bonds is 5. The Balaban J connectivity index is 2.20. The van der Waals surface area contributed by atoms with Crippen molar-refractivity contribution in [2.45, 2.75) is 19.0 Å². The highest BCUT2D eigenvalue weighted by Crippen LogP contribution is 2.36. The van der Waals surface area contributed by atoms with E-state index < -0.39 is 0 Å². The van der Waals surface area contributed by atoms with Crippen molar-refractivity contribution in [1.29, 1.82) is 0 Å². The molecule has 2 atom stereocenters. The van der Waals surface area contributed by atoms with E-state index in [4.69, 9.17) is 5.73 Å². The lowest BCUT2D eigenvalue weighted by Crippen LogP contribution is -2.32. The van der Waals surface area contributed by atoms with Crippen LogP contribution >= 0.6 is 38.6 Å². The van der Waals surface area contributed by atoms with Crippen molar-refractivity contribution < 1.29 is 0 Å². The van der Waals surface area contributed by atoms with Crippen molar-refractivity contribution in [2.75, 3.05) is 13.6 Å². The molecule has 0 amide bonds. The number of likely N-dealkylation sites (N-methyl/N-ethyl adjacent to an activating group) is 1. The van der Waals surface area contributed by atoms with Gasteiger partial charge in [0.05, 0.1) is 6.04 Å². The molecule has 98 valence electrons. The molecular formula is C13H17BrN2S2. The molecule has 0 aromatic carbocycles. The van der Waals surface area contributed by atoms with E-state index in [9.17, 15) is 0 Å². The Morgan fingerprint density at radius 2 is 2.11 bits per heavy atom. The third-order valence-electron chi connectivity index (χ3n) is 3.23. The van der Waals surface area contributed by atoms with Crippen LogP contribution in [0.25, 0.3) is 0 Å². The van der Waals surface area contributed by atoms with E-state index >= 15 is 0 Å². The minimum Gasteiger partial charge on any atom is -0.329 e. The molecule has 2 N–H and O–H groups in total. The van der Waals surface area contributed by atoms with Crippen LogP contribution in [0.3, 0.4) is 0 Å². The molecule has 2 unspecified atom stereocenters. The molecule has 0 saturated carbocycles. The second kappa shape index (κ2) is 6.30. The molecule has 2 aromatic heterocycles. The fraction of sp³-hybridized carbons (Fsp3) is 0.385. The molecule has 2 nitrogen and oxygen atoms in total. The Morgan fingerprint density at radius 3 is 2.61 bits per heavy atom. The summed E-state index contributed by atoms with van der Waals surface area (Å²) in [4.78, 5) is 5.04. The second-order valence-corrected chi connectivity index (χ2v) is 7.02. The van der Waals surface area contributed by atoms with Crippen molar-refractivity contribution >= 4 is 38.6 Å². The van der Waals surface area contributed by atoms with Gasteiger partial charge in [0.1, 0.15) is 0 Å². The van der Waals surface area contributed by atoms with E-state index in [2.05, 4.69) is 63.8 Å². The van der Waals surface area contributed by atoms with E-state index in [0.29, 0.717) is 12.6 Å². The zero-order valence-electron chi connectivity index (χ0n) is 10.5. The second-order valence-electron chi connectivity index (χ2n) is 4.24. The topological polar surface area (TPSA) is 29.3 Å². The van der Waals surface area contributed by atoms with Crippen LogP contribution < -0.4 is 5.73 Å². The third-order valence-corrected chi connectivity index (χ3v) is 6.24. The van der Waals surface area contributed by atoms with Gasteiger partial charge >= 0.3 is 0 Å². The zero-order chi connectivity index (χ0) is 13.1. The van der Waals surface area contributed by atoms with Gasteiger partial charge in [-0.3, -0.25) is 4.90 Å². The summed E-state index contributed by atoms with van der Waals surface area (Å²) in [7, 11) is 2.15. The van der Waals surface area contributed by atoms with Crippen molar-refractivity contribution in [2.24, 2.45) is 5.73 Å². The first-order chi connectivity index (χ1) is 8.65. The van der Waals surface area contributed by atoms with Gasteiger partial charge in [0, 0.05) is 26.8 Å². The summed E-state index contributed by atoms with van der Waals surface area (Å²) >= 11 is 7.16. The van der Waals surface area contributed by atoms with Crippen molar-refractivity contribution in [3.05, 3.63) is 43.2 Å². The maximum absolute atomic E-state index is 5.97. The minimum absolute atomic E-state index is 0.261. The van der Waals surface area contributed by atoms with Crippen LogP contribution in [0, 0.1) is 0 Å². The SMILES string of the molecule is CC(c1cccs1)N(C)C(CN)c1sccc1Br. The standard InChI is InChI=1S/C13H17BrN2S2/c1-9(12-4-3-6-17-12)16(2)11(8-15)13-10(14)5-7-18-13/h3-7,9,11H,8,15H2,1-2H3. The molecule has 0 fully saturated rings. The average Bonchev–Trinajstić information content (AvgIpc) is 3.01. The Kier molecular flexibility index (Phi) is 4.98. The first-order valence-corrected chi connectivity index (χ1v) is 8.38. The van der Waals surface area contributed by atoms with Crippen molar-refractivity contribution in [3.63, 3.8) is 0 Å². The molecule has 2 aromatic rings. The highest BCUT2D eigenvalue weighted by Gasteiger charge is 2.24. The van der Waals surface area contributed by atoms with Crippen LogP contribution in [0.4, 0.5) is 0 Å². The molecule has 5 heteroatoms. The summed E-state index contributed by atoms with van der Waals surface area (Å²) in [5.41, 5.74) is 5.97. The van der Waals surface area contributed by atoms with Crippen molar-refractivity contribution in [1.82, 2.24) is 4.90 Å². The summed E-state index contributed by atoms with van der Waals surface area (Å²) in [6, 6.07) is 7.02. The molecule has 18 heavy (non-hydrogen) atoms. The Bertz CT molecular complexity index is 481. The quantitative estimate of drug-likeness (QED) is 0.877. The molecule has 0 aliphatic heterocycles. The molecular weight excluding hydrogens is 328 g/mol. The van der Waals surface area contributed by atoms with E-state index in [-0.39, 0.29) is 6.04 Å². The smallest absolute Gasteiger partial charge is 0.0578 e. The fourth-order valence-corrected chi connectivity index (χ4v) is 4.64. The van der Waals surface area contributed by atoms with E-state index in [1.807, 2.05) is 0 Å². The monoisotopic (exact) mass is 344 g/mol. The number of halogens is 1. The Labute approximate surface area is 125 Å². The first kappa shape index (κ1) is 14.2. The van der Waals surface area contributed by atoms with Crippen LogP contribution in [-0.2, 0) is 0 Å². The van der Waals surface area contributed by atoms with Gasteiger partial charge in [0.2, 0.25) is 0 Å². The highest BCUT2D eigenvalue weighted by molar-refractivity contribution is 9.10. The maximum Gasteiger partial charge on any atom is 0.0578 e. The van der Waals surface area contributed by atoms with Crippen LogP contribution in [0.5, 0.6) is 0 Å². The highest BCUT2D eigenvalue weighted by atomic mass is 79.9. The van der Waals surface area contributed by atoms with Crippen molar-refractivity contribution in [3.8, 4) is 0 Å². The molecule has 0 aliphatic rings. The lowest BCUT2D eigenvalue weighted by atomic mass is 10.1. The number of nitrogens with zero attached hydrogens (tertiary/aromatic N) is 1. The van der Waals surface area contributed by atoms with E-state index in [1.165, 1.54) is 9.75 Å². The van der Waals surface area contributed by atoms with Gasteiger partial charge in [-0.05, 0) is 52.8 Å². The summed E-state index contributed by atoms with van der Waals surface area (Å²) < 4.78 is 1.16. The van der Waals surface area contributed by atoms with Gasteiger partial charge in [0.15, 0.2) is 0 Å². The number of nitrogens with two attached hydrogens (primary N) is 1. The molecule has 0 aliphatic carbocycles.